The first kappa shape index (κ1) is 25.0. The summed E-state index contributed by atoms with van der Waals surface area (Å²) < 4.78 is 5.93. The van der Waals surface area contributed by atoms with E-state index in [0.29, 0.717) is 6.04 Å². The lowest BCUT2D eigenvalue weighted by Crippen LogP contribution is -2.53. The van der Waals surface area contributed by atoms with Crippen molar-refractivity contribution in [3.63, 3.8) is 0 Å². The van der Waals surface area contributed by atoms with E-state index in [1.807, 2.05) is 4.90 Å². The van der Waals surface area contributed by atoms with Gasteiger partial charge in [0.15, 0.2) is 0 Å². The van der Waals surface area contributed by atoms with E-state index >= 15 is 0 Å². The molecule has 4 aliphatic rings. The van der Waals surface area contributed by atoms with E-state index in [1.54, 1.807) is 0 Å². The molecule has 0 aromatic carbocycles. The van der Waals surface area contributed by atoms with Gasteiger partial charge in [0.1, 0.15) is 5.60 Å². The summed E-state index contributed by atoms with van der Waals surface area (Å²) in [4.78, 5) is 22.0. The maximum atomic E-state index is 12.5. The second kappa shape index (κ2) is 11.3. The lowest BCUT2D eigenvalue weighted by molar-refractivity contribution is -0.0127. The van der Waals surface area contributed by atoms with Crippen LogP contribution in [0.5, 0.6) is 0 Å². The maximum absolute atomic E-state index is 12.5. The van der Waals surface area contributed by atoms with Crippen molar-refractivity contribution < 1.29 is 9.53 Å². The van der Waals surface area contributed by atoms with Gasteiger partial charge in [-0.2, -0.15) is 0 Å². The first-order valence-corrected chi connectivity index (χ1v) is 11.0. The van der Waals surface area contributed by atoms with Crippen LogP contribution in [-0.4, -0.2) is 116 Å². The van der Waals surface area contributed by atoms with Crippen LogP contribution >= 0.6 is 24.8 Å². The Morgan fingerprint density at radius 3 is 2.34 bits per heavy atom. The molecule has 4 fully saturated rings. The molecule has 0 aliphatic carbocycles. The number of halogens is 2. The fraction of sp³-hybridized carbons (Fsp3) is 0.950. The van der Waals surface area contributed by atoms with Crippen LogP contribution < -0.4 is 5.32 Å². The molecule has 1 unspecified atom stereocenters. The number of nitrogens with one attached hydrogen (secondary N) is 1. The molecular formula is C20H39Cl2N5O2. The molecule has 4 rings (SSSR count). The molecular weight excluding hydrogens is 413 g/mol. The van der Waals surface area contributed by atoms with Crippen molar-refractivity contribution in [2.24, 2.45) is 0 Å². The van der Waals surface area contributed by atoms with Gasteiger partial charge >= 0.3 is 6.09 Å². The fourth-order valence-corrected chi connectivity index (χ4v) is 5.16. The first-order valence-electron chi connectivity index (χ1n) is 11.0. The molecule has 9 heteroatoms. The van der Waals surface area contributed by atoms with Crippen molar-refractivity contribution in [3.8, 4) is 0 Å². The van der Waals surface area contributed by atoms with Gasteiger partial charge in [0.25, 0.3) is 0 Å². The van der Waals surface area contributed by atoms with E-state index in [9.17, 15) is 4.79 Å². The highest BCUT2D eigenvalue weighted by Crippen LogP contribution is 2.34. The number of amides is 1. The topological polar surface area (TPSA) is 51.3 Å². The van der Waals surface area contributed by atoms with Gasteiger partial charge in [0.2, 0.25) is 0 Å². The van der Waals surface area contributed by atoms with Crippen LogP contribution in [-0.2, 0) is 4.74 Å². The predicted octanol–water partition coefficient (Wildman–Crippen LogP) is 1.51. The third kappa shape index (κ3) is 6.11. The Kier molecular flexibility index (Phi) is 9.77. The van der Waals surface area contributed by atoms with Gasteiger partial charge in [-0.15, -0.1) is 24.8 Å². The predicted molar refractivity (Wildman–Crippen MR) is 121 cm³/mol. The number of piperazine rings is 1. The second-order valence-corrected chi connectivity index (χ2v) is 8.78. The van der Waals surface area contributed by atoms with Gasteiger partial charge in [0.05, 0.1) is 6.54 Å². The maximum Gasteiger partial charge on any atom is 0.410 e. The minimum Gasteiger partial charge on any atom is -0.441 e. The van der Waals surface area contributed by atoms with Crippen molar-refractivity contribution in [3.05, 3.63) is 0 Å². The number of likely N-dealkylation sites (tertiary alicyclic amines) is 1. The number of hydrogen-bond donors (Lipinski definition) is 1. The van der Waals surface area contributed by atoms with Crippen molar-refractivity contribution in [1.82, 2.24) is 24.9 Å². The summed E-state index contributed by atoms with van der Waals surface area (Å²) in [5.74, 6) is 0. The zero-order chi connectivity index (χ0) is 18.7. The highest BCUT2D eigenvalue weighted by atomic mass is 35.5. The van der Waals surface area contributed by atoms with Crippen molar-refractivity contribution >= 4 is 30.9 Å². The quantitative estimate of drug-likeness (QED) is 0.683. The number of ether oxygens (including phenoxy) is 1. The van der Waals surface area contributed by atoms with E-state index in [-0.39, 0.29) is 36.5 Å². The molecule has 4 saturated heterocycles. The van der Waals surface area contributed by atoms with Crippen LogP contribution in [0.1, 0.15) is 32.6 Å². The average molecular weight is 452 g/mol. The number of hydrogen-bond acceptors (Lipinski definition) is 6. The van der Waals surface area contributed by atoms with E-state index < -0.39 is 0 Å². The van der Waals surface area contributed by atoms with Crippen molar-refractivity contribution in [2.45, 2.75) is 44.2 Å². The lowest BCUT2D eigenvalue weighted by Gasteiger charge is -2.42. The Bertz CT molecular complexity index is 505. The van der Waals surface area contributed by atoms with Crippen LogP contribution in [0.3, 0.4) is 0 Å². The zero-order valence-corrected chi connectivity index (χ0v) is 19.4. The normalized spacial score (nSPS) is 28.7. The number of rotatable bonds is 5. The van der Waals surface area contributed by atoms with Gasteiger partial charge in [-0.1, -0.05) is 6.92 Å². The van der Waals surface area contributed by atoms with Crippen LogP contribution in [0.4, 0.5) is 4.79 Å². The molecule has 4 aliphatic heterocycles. The molecule has 0 aromatic heterocycles. The van der Waals surface area contributed by atoms with Gasteiger partial charge in [-0.3, -0.25) is 9.80 Å². The van der Waals surface area contributed by atoms with Gasteiger partial charge < -0.3 is 19.9 Å². The Labute approximate surface area is 188 Å². The van der Waals surface area contributed by atoms with Crippen LogP contribution in [0.2, 0.25) is 0 Å². The molecule has 1 spiro atoms. The third-order valence-corrected chi connectivity index (χ3v) is 7.14. The van der Waals surface area contributed by atoms with Crippen LogP contribution in [0.15, 0.2) is 0 Å². The molecule has 1 N–H and O–H groups in total. The molecule has 0 radical (unpaired) electrons. The molecule has 4 heterocycles. The lowest BCUT2D eigenvalue weighted by atomic mass is 9.89. The molecule has 1 amide bonds. The molecule has 0 aromatic rings. The van der Waals surface area contributed by atoms with Crippen LogP contribution in [0, 0.1) is 0 Å². The Balaban J connectivity index is 0.00000150. The Hall–Kier alpha value is -0.310. The molecule has 1 atom stereocenters. The molecule has 170 valence electrons. The van der Waals surface area contributed by atoms with E-state index in [0.717, 1.165) is 91.4 Å². The van der Waals surface area contributed by atoms with Crippen molar-refractivity contribution in [2.75, 3.05) is 78.5 Å². The van der Waals surface area contributed by atoms with Gasteiger partial charge in [-0.05, 0) is 25.9 Å². The summed E-state index contributed by atoms with van der Waals surface area (Å²) in [6.07, 6.45) is 4.47. The summed E-state index contributed by atoms with van der Waals surface area (Å²) in [7, 11) is 0. The van der Waals surface area contributed by atoms with Crippen LogP contribution in [0.25, 0.3) is 0 Å². The highest BCUT2D eigenvalue weighted by Gasteiger charge is 2.47. The van der Waals surface area contributed by atoms with E-state index in [1.165, 1.54) is 12.8 Å². The Morgan fingerprint density at radius 1 is 1.03 bits per heavy atom. The smallest absolute Gasteiger partial charge is 0.410 e. The zero-order valence-electron chi connectivity index (χ0n) is 17.8. The minimum atomic E-state index is -0.226. The number of nitrogens with zero attached hydrogens (tertiary/aromatic N) is 4. The molecule has 0 bridgehead atoms. The highest BCUT2D eigenvalue weighted by molar-refractivity contribution is 5.85. The molecule has 7 nitrogen and oxygen atoms in total. The fourth-order valence-electron chi connectivity index (χ4n) is 5.16. The number of carbonyl (C=O) groups excluding carboxylic acids is 1. The average Bonchev–Trinajstić information content (AvgIpc) is 3.03. The molecule has 29 heavy (non-hydrogen) atoms. The second-order valence-electron chi connectivity index (χ2n) is 8.78. The number of likely N-dealkylation sites (N-methyl/N-ethyl adjacent to an activating group) is 1. The summed E-state index contributed by atoms with van der Waals surface area (Å²) in [6.45, 7) is 14.9. The minimum absolute atomic E-state index is 0. The van der Waals surface area contributed by atoms with E-state index in [2.05, 4.69) is 26.9 Å². The third-order valence-electron chi connectivity index (χ3n) is 7.14. The molecule has 0 saturated carbocycles. The number of carbonyl (C=O) groups is 1. The van der Waals surface area contributed by atoms with Gasteiger partial charge in [0, 0.05) is 77.8 Å². The largest absolute Gasteiger partial charge is 0.441 e. The summed E-state index contributed by atoms with van der Waals surface area (Å²) in [5.41, 5.74) is -0.226. The van der Waals surface area contributed by atoms with E-state index in [4.69, 9.17) is 4.74 Å². The Morgan fingerprint density at radius 2 is 1.72 bits per heavy atom. The van der Waals surface area contributed by atoms with Gasteiger partial charge in [-0.25, -0.2) is 4.79 Å². The summed E-state index contributed by atoms with van der Waals surface area (Å²) in [5, 5.41) is 3.52. The number of piperidine rings is 2. The first-order chi connectivity index (χ1) is 13.2. The summed E-state index contributed by atoms with van der Waals surface area (Å²) in [6, 6.07) is 0.672. The summed E-state index contributed by atoms with van der Waals surface area (Å²) >= 11 is 0. The standard InChI is InChI=1S/C20H37N5O2.2ClH/c1-2-22-10-12-23(13-11-22)14-15-25-17-20(27-19(25)26)5-8-24(9-6-20)18-4-3-7-21-16-18;;/h18,21H,2-17H2,1H3;2*1H. The van der Waals surface area contributed by atoms with Crippen molar-refractivity contribution in [1.29, 1.82) is 0 Å². The SMILES string of the molecule is CCN1CCN(CCN2CC3(CCN(C4CCCNC4)CC3)OC2=O)CC1.Cl.Cl. The monoisotopic (exact) mass is 451 g/mol.